The van der Waals surface area contributed by atoms with E-state index in [-0.39, 0.29) is 30.1 Å². The Morgan fingerprint density at radius 1 is 1.15 bits per heavy atom. The van der Waals surface area contributed by atoms with Crippen LogP contribution in [0.4, 0.5) is 4.39 Å². The summed E-state index contributed by atoms with van der Waals surface area (Å²) in [5.41, 5.74) is 0. The third kappa shape index (κ3) is 5.44. The number of benzene rings is 1. The molecule has 1 saturated heterocycles. The van der Waals surface area contributed by atoms with E-state index in [1.54, 1.807) is 17.0 Å². The quantitative estimate of drug-likeness (QED) is 0.641. The largest absolute Gasteiger partial charge is 0.481 e. The first-order valence-electron chi connectivity index (χ1n) is 9.50. The maximum absolute atomic E-state index is 13.5. The van der Waals surface area contributed by atoms with E-state index in [1.807, 2.05) is 4.90 Å². The van der Waals surface area contributed by atoms with Crippen LogP contribution in [0.2, 0.25) is 0 Å². The van der Waals surface area contributed by atoms with Crippen LogP contribution >= 0.6 is 0 Å². The number of carbonyl (C=O) groups is 2. The minimum absolute atomic E-state index is 0.0688. The predicted molar refractivity (Wildman–Crippen MR) is 98.4 cm³/mol. The number of amides is 2. The molecule has 0 saturated carbocycles. The van der Waals surface area contributed by atoms with Crippen LogP contribution in [-0.4, -0.2) is 54.4 Å². The van der Waals surface area contributed by atoms with Crippen molar-refractivity contribution in [1.29, 1.82) is 0 Å². The van der Waals surface area contributed by atoms with E-state index in [0.717, 1.165) is 38.8 Å². The summed E-state index contributed by atoms with van der Waals surface area (Å²) in [6.07, 6.45) is 4.11. The highest BCUT2D eigenvalue weighted by atomic mass is 19.1. The number of hydrogen-bond acceptors (Lipinski definition) is 3. The summed E-state index contributed by atoms with van der Waals surface area (Å²) >= 11 is 0. The lowest BCUT2D eigenvalue weighted by atomic mass is 9.98. The number of nitrogens with zero attached hydrogens (tertiary/aromatic N) is 2. The molecule has 2 amide bonds. The highest BCUT2D eigenvalue weighted by Crippen LogP contribution is 2.20. The van der Waals surface area contributed by atoms with Crippen LogP contribution in [0, 0.1) is 11.7 Å². The Balaban J connectivity index is 1.77. The molecule has 0 bridgehead atoms. The van der Waals surface area contributed by atoms with Crippen LogP contribution in [0.15, 0.2) is 24.3 Å². The van der Waals surface area contributed by atoms with Gasteiger partial charge in [-0.05, 0) is 25.0 Å². The van der Waals surface area contributed by atoms with Gasteiger partial charge in [0.1, 0.15) is 0 Å². The van der Waals surface area contributed by atoms with Crippen LogP contribution in [-0.2, 0) is 9.59 Å². The van der Waals surface area contributed by atoms with E-state index in [1.165, 1.54) is 12.1 Å². The second-order valence-electron chi connectivity index (χ2n) is 6.75. The Morgan fingerprint density at radius 3 is 2.35 bits per heavy atom. The molecule has 1 aromatic carbocycles. The van der Waals surface area contributed by atoms with Crippen molar-refractivity contribution < 1.29 is 18.7 Å². The zero-order chi connectivity index (χ0) is 18.9. The Kier molecular flexibility index (Phi) is 7.88. The van der Waals surface area contributed by atoms with Crippen molar-refractivity contribution in [3.05, 3.63) is 30.1 Å². The standard InChI is InChI=1S/C20H29FN2O3/c1-3-5-11-22(12-6-4-2)20(25)16-13-23(14-16)19(24)15-26-18-10-8-7-9-17(18)21/h7-10,16H,3-6,11-15H2,1-2H3. The van der Waals surface area contributed by atoms with Gasteiger partial charge in [0.25, 0.3) is 5.91 Å². The van der Waals surface area contributed by atoms with Crippen molar-refractivity contribution in [3.63, 3.8) is 0 Å². The van der Waals surface area contributed by atoms with Crippen LogP contribution in [0.1, 0.15) is 39.5 Å². The fraction of sp³-hybridized carbons (Fsp3) is 0.600. The average molecular weight is 364 g/mol. The topological polar surface area (TPSA) is 49.9 Å². The summed E-state index contributed by atoms with van der Waals surface area (Å²) in [7, 11) is 0. The van der Waals surface area contributed by atoms with E-state index in [9.17, 15) is 14.0 Å². The van der Waals surface area contributed by atoms with E-state index in [4.69, 9.17) is 4.74 Å². The number of ether oxygens (including phenoxy) is 1. The summed E-state index contributed by atoms with van der Waals surface area (Å²) in [6, 6.07) is 6.00. The van der Waals surface area contributed by atoms with Crippen molar-refractivity contribution in [2.45, 2.75) is 39.5 Å². The molecular weight excluding hydrogens is 335 g/mol. The molecule has 1 aliphatic heterocycles. The number of rotatable bonds is 10. The third-order valence-electron chi connectivity index (χ3n) is 4.65. The van der Waals surface area contributed by atoms with Crippen LogP contribution in [0.25, 0.3) is 0 Å². The molecule has 0 aliphatic carbocycles. The van der Waals surface area contributed by atoms with Crippen molar-refractivity contribution in [1.82, 2.24) is 9.80 Å². The number of hydrogen-bond donors (Lipinski definition) is 0. The fourth-order valence-corrected chi connectivity index (χ4v) is 2.92. The van der Waals surface area contributed by atoms with Crippen molar-refractivity contribution in [3.8, 4) is 5.75 Å². The molecule has 26 heavy (non-hydrogen) atoms. The van der Waals surface area contributed by atoms with Crippen LogP contribution in [0.5, 0.6) is 5.75 Å². The first-order chi connectivity index (χ1) is 12.6. The van der Waals surface area contributed by atoms with Gasteiger partial charge in [-0.3, -0.25) is 9.59 Å². The zero-order valence-electron chi connectivity index (χ0n) is 15.7. The van der Waals surface area contributed by atoms with E-state index in [2.05, 4.69) is 13.8 Å². The van der Waals surface area contributed by atoms with Gasteiger partial charge in [0.15, 0.2) is 18.2 Å². The van der Waals surface area contributed by atoms with Gasteiger partial charge in [-0.25, -0.2) is 4.39 Å². The Morgan fingerprint density at radius 2 is 1.77 bits per heavy atom. The van der Waals surface area contributed by atoms with Crippen LogP contribution < -0.4 is 4.74 Å². The van der Waals surface area contributed by atoms with Crippen molar-refractivity contribution in [2.24, 2.45) is 5.92 Å². The molecule has 0 radical (unpaired) electrons. The molecule has 0 aromatic heterocycles. The van der Waals surface area contributed by atoms with E-state index < -0.39 is 5.82 Å². The highest BCUT2D eigenvalue weighted by molar-refractivity contribution is 5.85. The lowest BCUT2D eigenvalue weighted by Crippen LogP contribution is -2.57. The normalized spacial score (nSPS) is 14.0. The molecule has 0 unspecified atom stereocenters. The molecule has 2 rings (SSSR count). The van der Waals surface area contributed by atoms with Gasteiger partial charge in [-0.2, -0.15) is 0 Å². The number of carbonyl (C=O) groups excluding carboxylic acids is 2. The lowest BCUT2D eigenvalue weighted by molar-refractivity contribution is -0.149. The molecule has 0 N–H and O–H groups in total. The van der Waals surface area contributed by atoms with Gasteiger partial charge >= 0.3 is 0 Å². The molecule has 144 valence electrons. The number of likely N-dealkylation sites (tertiary alicyclic amines) is 1. The minimum Gasteiger partial charge on any atom is -0.481 e. The molecule has 0 spiro atoms. The average Bonchev–Trinajstić information content (AvgIpc) is 2.59. The summed E-state index contributed by atoms with van der Waals surface area (Å²) in [5.74, 6) is -0.614. The molecule has 1 heterocycles. The van der Waals surface area contributed by atoms with Gasteiger partial charge < -0.3 is 14.5 Å². The smallest absolute Gasteiger partial charge is 0.260 e. The molecule has 0 atom stereocenters. The molecule has 5 nitrogen and oxygen atoms in total. The Bertz CT molecular complexity index is 594. The van der Waals surface area contributed by atoms with Gasteiger partial charge in [-0.1, -0.05) is 38.8 Å². The van der Waals surface area contributed by atoms with Gasteiger partial charge in [0.2, 0.25) is 5.91 Å². The predicted octanol–water partition coefficient (Wildman–Crippen LogP) is 3.09. The first-order valence-corrected chi connectivity index (χ1v) is 9.50. The monoisotopic (exact) mass is 364 g/mol. The summed E-state index contributed by atoms with van der Waals surface area (Å²) < 4.78 is 18.7. The summed E-state index contributed by atoms with van der Waals surface area (Å²) in [6.45, 7) is 6.44. The van der Waals surface area contributed by atoms with Gasteiger partial charge in [-0.15, -0.1) is 0 Å². The lowest BCUT2D eigenvalue weighted by Gasteiger charge is -2.40. The molecule has 1 aliphatic rings. The molecular formula is C20H29FN2O3. The molecule has 1 aromatic rings. The summed E-state index contributed by atoms with van der Waals surface area (Å²) in [4.78, 5) is 28.3. The number of unbranched alkanes of at least 4 members (excludes halogenated alkanes) is 2. The first kappa shape index (κ1) is 20.2. The summed E-state index contributed by atoms with van der Waals surface area (Å²) in [5, 5.41) is 0. The fourth-order valence-electron chi connectivity index (χ4n) is 2.92. The van der Waals surface area contributed by atoms with E-state index >= 15 is 0 Å². The number of para-hydroxylation sites is 1. The second-order valence-corrected chi connectivity index (χ2v) is 6.75. The van der Waals surface area contributed by atoms with Crippen LogP contribution in [0.3, 0.4) is 0 Å². The third-order valence-corrected chi connectivity index (χ3v) is 4.65. The Hall–Kier alpha value is -2.11. The molecule has 6 heteroatoms. The number of halogens is 1. The maximum Gasteiger partial charge on any atom is 0.260 e. The molecule has 1 fully saturated rings. The van der Waals surface area contributed by atoms with Crippen molar-refractivity contribution >= 4 is 11.8 Å². The second kappa shape index (κ2) is 10.1. The minimum atomic E-state index is -0.487. The van der Waals surface area contributed by atoms with Crippen molar-refractivity contribution in [2.75, 3.05) is 32.8 Å². The SMILES string of the molecule is CCCCN(CCCC)C(=O)C1CN(C(=O)COc2ccccc2F)C1. The maximum atomic E-state index is 13.5. The van der Waals surface area contributed by atoms with Gasteiger partial charge in [0, 0.05) is 26.2 Å². The van der Waals surface area contributed by atoms with Gasteiger partial charge in [0.05, 0.1) is 5.92 Å². The Labute approximate surface area is 155 Å². The highest BCUT2D eigenvalue weighted by Gasteiger charge is 2.37. The zero-order valence-corrected chi connectivity index (χ0v) is 15.7. The van der Waals surface area contributed by atoms with E-state index in [0.29, 0.717) is 13.1 Å².